The van der Waals surface area contributed by atoms with Gasteiger partial charge in [0, 0.05) is 42.4 Å². The molecule has 1 fully saturated rings. The van der Waals surface area contributed by atoms with Gasteiger partial charge in [-0.2, -0.15) is 13.8 Å². The monoisotopic (exact) mass is 577 g/mol. The van der Waals surface area contributed by atoms with Crippen LogP contribution >= 0.6 is 38.8 Å². The minimum Gasteiger partial charge on any atom is -0.477 e. The minimum absolute atomic E-state index is 0.0473. The summed E-state index contributed by atoms with van der Waals surface area (Å²) in [5.74, 6) is -1.22. The van der Waals surface area contributed by atoms with Gasteiger partial charge in [-0.3, -0.25) is 0 Å². The van der Waals surface area contributed by atoms with E-state index in [4.69, 9.17) is 0 Å². The number of halogens is 1. The molecular formula is C25H30BrN4O3S2+. The lowest BCUT2D eigenvalue weighted by Crippen LogP contribution is -2.70. The number of carbonyl (C=O) groups is 2. The lowest BCUT2D eigenvalue weighted by molar-refractivity contribution is -0.149. The van der Waals surface area contributed by atoms with Gasteiger partial charge in [0.15, 0.2) is 11.0 Å². The smallest absolute Gasteiger partial charge is 0.366 e. The van der Waals surface area contributed by atoms with Crippen LogP contribution in [0.3, 0.4) is 0 Å². The third-order valence-corrected chi connectivity index (χ3v) is 9.14. The lowest BCUT2D eigenvalue weighted by Gasteiger charge is -2.44. The second kappa shape index (κ2) is 9.46. The molecule has 3 heterocycles. The summed E-state index contributed by atoms with van der Waals surface area (Å²) in [4.78, 5) is 37.2. The van der Waals surface area contributed by atoms with Gasteiger partial charge < -0.3 is 5.11 Å². The van der Waals surface area contributed by atoms with Crippen LogP contribution in [0.4, 0.5) is 5.13 Å². The maximum atomic E-state index is 14.8. The number of carboxylic acid groups (broad SMARTS) is 1. The molecule has 7 nitrogen and oxygen atoms in total. The Morgan fingerprint density at radius 2 is 1.94 bits per heavy atom. The van der Waals surface area contributed by atoms with Crippen molar-refractivity contribution in [2.75, 3.05) is 0 Å². The molecule has 10 heteroatoms. The molecule has 0 aliphatic carbocycles. The Kier molecular flexibility index (Phi) is 7.04. The molecule has 1 saturated heterocycles. The van der Waals surface area contributed by atoms with E-state index in [1.165, 1.54) is 11.3 Å². The quantitative estimate of drug-likeness (QED) is 0.331. The Labute approximate surface area is 222 Å². The molecule has 1 aliphatic heterocycles. The van der Waals surface area contributed by atoms with Crippen LogP contribution in [0.1, 0.15) is 80.9 Å². The van der Waals surface area contributed by atoms with Gasteiger partial charge in [0.2, 0.25) is 10.3 Å². The maximum absolute atomic E-state index is 14.8. The summed E-state index contributed by atoms with van der Waals surface area (Å²) >= 11 is 5.87. The molecule has 1 aliphatic rings. The summed E-state index contributed by atoms with van der Waals surface area (Å²) in [5, 5.41) is 13.8. The number of benzene rings is 1. The fourth-order valence-corrected chi connectivity index (χ4v) is 7.55. The van der Waals surface area contributed by atoms with Gasteiger partial charge in [0.1, 0.15) is 0 Å². The number of quaternary nitrogens is 1. The van der Waals surface area contributed by atoms with E-state index >= 15 is 0 Å². The Hall–Kier alpha value is -2.01. The molecule has 1 N–H and O–H groups in total. The van der Waals surface area contributed by atoms with Crippen LogP contribution in [-0.4, -0.2) is 36.9 Å². The molecule has 0 spiro atoms. The second-order valence-electron chi connectivity index (χ2n) is 10.6. The largest absolute Gasteiger partial charge is 0.477 e. The van der Waals surface area contributed by atoms with Gasteiger partial charge in [0.25, 0.3) is 0 Å². The van der Waals surface area contributed by atoms with Crippen LogP contribution in [-0.2, 0) is 10.2 Å². The van der Waals surface area contributed by atoms with Gasteiger partial charge >= 0.3 is 17.0 Å². The average molecular weight is 579 g/mol. The molecule has 3 aromatic rings. The van der Waals surface area contributed by atoms with Gasteiger partial charge in [-0.1, -0.05) is 46.8 Å². The Morgan fingerprint density at radius 3 is 2.43 bits per heavy atom. The lowest BCUT2D eigenvalue weighted by atomic mass is 9.83. The Morgan fingerprint density at radius 1 is 1.26 bits per heavy atom. The third-order valence-electron chi connectivity index (χ3n) is 6.87. The highest BCUT2D eigenvalue weighted by molar-refractivity contribution is 9.10. The molecule has 0 radical (unpaired) electrons. The van der Waals surface area contributed by atoms with Crippen molar-refractivity contribution in [3.63, 3.8) is 0 Å². The summed E-state index contributed by atoms with van der Waals surface area (Å²) in [5.41, 5.74) is 0.0896. The number of thiazole rings is 1. The van der Waals surface area contributed by atoms with Gasteiger partial charge in [-0.15, -0.1) is 11.3 Å². The fraction of sp³-hybridized carbons (Fsp3) is 0.480. The number of carboxylic acids is 1. The number of hydrogen-bond acceptors (Lipinski definition) is 7. The number of aliphatic carboxylic acids is 1. The molecular weight excluding hydrogens is 548 g/mol. The van der Waals surface area contributed by atoms with Crippen LogP contribution in [0.5, 0.6) is 0 Å². The zero-order valence-electron chi connectivity index (χ0n) is 20.5. The molecule has 35 heavy (non-hydrogen) atoms. The SMILES string of the molecule is CC(C)C[C@]1(C(=O)O)CC[C@H](c2nccs2)[N+]1(C(=O)c1ccc(C(C)(C)C)cc1)c1nc(Br)ns1. The first-order valence-electron chi connectivity index (χ1n) is 11.6. The minimum atomic E-state index is -1.40. The highest BCUT2D eigenvalue weighted by atomic mass is 79.9. The second-order valence-corrected chi connectivity index (χ2v) is 12.9. The summed E-state index contributed by atoms with van der Waals surface area (Å²) in [6.07, 6.45) is 2.88. The number of rotatable bonds is 6. The Balaban J connectivity index is 2.03. The molecule has 1 amide bonds. The molecule has 1 unspecified atom stereocenters. The van der Waals surface area contributed by atoms with Crippen LogP contribution in [0, 0.1) is 5.92 Å². The number of carbonyl (C=O) groups excluding carboxylic acids is 1. The number of nitrogens with zero attached hydrogens (tertiary/aromatic N) is 4. The topological polar surface area (TPSA) is 93.0 Å². The van der Waals surface area contributed by atoms with Crippen LogP contribution < -0.4 is 4.48 Å². The summed E-state index contributed by atoms with van der Waals surface area (Å²) in [7, 11) is 0. The van der Waals surface area contributed by atoms with E-state index in [9.17, 15) is 14.7 Å². The van der Waals surface area contributed by atoms with Crippen LogP contribution in [0.15, 0.2) is 40.6 Å². The van der Waals surface area contributed by atoms with E-state index in [0.717, 1.165) is 22.1 Å². The first kappa shape index (κ1) is 26.1. The van der Waals surface area contributed by atoms with Crippen molar-refractivity contribution in [1.82, 2.24) is 18.8 Å². The molecule has 1 aromatic carbocycles. The Bertz CT molecular complexity index is 1220. The van der Waals surface area contributed by atoms with E-state index in [1.807, 2.05) is 43.5 Å². The van der Waals surface area contributed by atoms with Crippen molar-refractivity contribution in [2.45, 2.75) is 70.9 Å². The van der Waals surface area contributed by atoms with Crippen molar-refractivity contribution in [3.05, 3.63) is 56.7 Å². The summed E-state index contributed by atoms with van der Waals surface area (Å²) in [6.45, 7) is 10.3. The van der Waals surface area contributed by atoms with E-state index in [0.29, 0.717) is 34.7 Å². The van der Waals surface area contributed by atoms with Crippen molar-refractivity contribution >= 4 is 55.8 Å². The summed E-state index contributed by atoms with van der Waals surface area (Å²) in [6, 6.07) is 7.08. The first-order valence-corrected chi connectivity index (χ1v) is 14.0. The zero-order valence-corrected chi connectivity index (χ0v) is 23.7. The number of hydrogen-bond donors (Lipinski definition) is 1. The van der Waals surface area contributed by atoms with Gasteiger partial charge in [0.05, 0.1) is 5.56 Å². The van der Waals surface area contributed by atoms with E-state index in [1.54, 1.807) is 6.20 Å². The summed E-state index contributed by atoms with van der Waals surface area (Å²) < 4.78 is 4.23. The van der Waals surface area contributed by atoms with Gasteiger partial charge in [-0.25, -0.2) is 14.6 Å². The van der Waals surface area contributed by atoms with Crippen molar-refractivity contribution in [2.24, 2.45) is 5.92 Å². The van der Waals surface area contributed by atoms with Crippen molar-refractivity contribution in [1.29, 1.82) is 0 Å². The number of amides is 1. The standard InChI is InChI=1S/C25H29BrN4O3S2/c1-15(2)14-25(21(32)33)11-10-18(19-27-12-13-34-19)30(25,23-28-22(26)29-35-23)20(31)16-6-8-17(9-7-16)24(3,4)5/h6-9,12-13,15,18H,10-11,14H2,1-5H3/p+1/t18-,25+,30?/m1/s1. The maximum Gasteiger partial charge on any atom is 0.366 e. The number of likely N-dealkylation sites (tertiary alicyclic amines) is 1. The molecule has 0 saturated carbocycles. The normalized spacial score (nSPS) is 24.7. The highest BCUT2D eigenvalue weighted by Gasteiger charge is 2.72. The zero-order chi connectivity index (χ0) is 25.6. The number of aromatic nitrogens is 3. The van der Waals surface area contributed by atoms with Crippen LogP contribution in [0.25, 0.3) is 0 Å². The average Bonchev–Trinajstić information content (AvgIpc) is 3.52. The molecule has 186 valence electrons. The van der Waals surface area contributed by atoms with Crippen LogP contribution in [0.2, 0.25) is 0 Å². The fourth-order valence-electron chi connectivity index (χ4n) is 5.40. The van der Waals surface area contributed by atoms with Crippen molar-refractivity contribution in [3.8, 4) is 0 Å². The van der Waals surface area contributed by atoms with Crippen molar-refractivity contribution < 1.29 is 14.7 Å². The first-order chi connectivity index (χ1) is 16.4. The molecule has 3 atom stereocenters. The highest BCUT2D eigenvalue weighted by Crippen LogP contribution is 2.57. The van der Waals surface area contributed by atoms with E-state index < -0.39 is 22.0 Å². The third kappa shape index (κ3) is 4.28. The predicted octanol–water partition coefficient (Wildman–Crippen LogP) is 6.61. The molecule has 4 rings (SSSR count). The van der Waals surface area contributed by atoms with E-state index in [2.05, 4.69) is 51.0 Å². The molecule has 0 bridgehead atoms. The molecule has 2 aromatic heterocycles. The van der Waals surface area contributed by atoms with Gasteiger partial charge in [-0.05, 0) is 45.0 Å². The predicted molar refractivity (Wildman–Crippen MR) is 143 cm³/mol. The van der Waals surface area contributed by atoms with E-state index in [-0.39, 0.29) is 17.2 Å².